The van der Waals surface area contributed by atoms with E-state index in [1.54, 1.807) is 30.3 Å². The molecule has 0 aliphatic carbocycles. The van der Waals surface area contributed by atoms with Gasteiger partial charge in [0.25, 0.3) is 5.91 Å². The van der Waals surface area contributed by atoms with Crippen molar-refractivity contribution in [2.45, 2.75) is 31.7 Å². The highest BCUT2D eigenvalue weighted by atomic mass is 19.1. The number of piperidine rings is 1. The summed E-state index contributed by atoms with van der Waals surface area (Å²) in [6.45, 7) is 3.22. The number of carbonyl (C=O) groups is 2. The standard InChI is InChI=1S/C21H25FN4O3/c1-14-3-4-15(11-16(14)22)20(28)25-9-6-21(7-10-25)19-17(23-13-24-19)5-8-26(21)18(27)12-29-2/h3-4,11,13H,5-10,12H2,1-2H3,(H,23,24). The van der Waals surface area contributed by atoms with Crippen molar-refractivity contribution in [1.82, 2.24) is 19.8 Å². The molecule has 0 atom stereocenters. The normalized spacial score (nSPS) is 18.0. The number of nitrogens with zero attached hydrogens (tertiary/aromatic N) is 3. The summed E-state index contributed by atoms with van der Waals surface area (Å²) in [6, 6.07) is 4.57. The Labute approximate surface area is 168 Å². The number of imidazole rings is 1. The Morgan fingerprint density at radius 1 is 1.28 bits per heavy atom. The first kappa shape index (κ1) is 19.6. The molecule has 2 aliphatic rings. The highest BCUT2D eigenvalue weighted by Gasteiger charge is 2.49. The summed E-state index contributed by atoms with van der Waals surface area (Å²) >= 11 is 0. The lowest BCUT2D eigenvalue weighted by Crippen LogP contribution is -2.59. The van der Waals surface area contributed by atoms with Crippen molar-refractivity contribution >= 4 is 11.8 Å². The van der Waals surface area contributed by atoms with Gasteiger partial charge in [-0.1, -0.05) is 6.07 Å². The number of aromatic amines is 1. The molecule has 1 saturated heterocycles. The Morgan fingerprint density at radius 3 is 2.72 bits per heavy atom. The number of likely N-dealkylation sites (tertiary alicyclic amines) is 1. The number of hydrogen-bond acceptors (Lipinski definition) is 4. The van der Waals surface area contributed by atoms with Gasteiger partial charge in [0.2, 0.25) is 5.91 Å². The second kappa shape index (κ2) is 7.59. The minimum atomic E-state index is -0.543. The summed E-state index contributed by atoms with van der Waals surface area (Å²) < 4.78 is 19.0. The number of halogens is 1. The highest BCUT2D eigenvalue weighted by Crippen LogP contribution is 2.42. The second-order valence-corrected chi connectivity index (χ2v) is 7.75. The molecule has 7 nitrogen and oxygen atoms in total. The van der Waals surface area contributed by atoms with Crippen LogP contribution in [0.5, 0.6) is 0 Å². The maximum atomic E-state index is 13.9. The quantitative estimate of drug-likeness (QED) is 0.855. The van der Waals surface area contributed by atoms with E-state index in [4.69, 9.17) is 4.74 Å². The Balaban J connectivity index is 1.57. The molecule has 1 N–H and O–H groups in total. The summed E-state index contributed by atoms with van der Waals surface area (Å²) in [4.78, 5) is 37.0. The van der Waals surface area contributed by atoms with Crippen LogP contribution in [0.4, 0.5) is 4.39 Å². The van der Waals surface area contributed by atoms with Crippen LogP contribution < -0.4 is 0 Å². The van der Waals surface area contributed by atoms with Crippen molar-refractivity contribution in [2.75, 3.05) is 33.4 Å². The fourth-order valence-electron chi connectivity index (χ4n) is 4.54. The lowest BCUT2D eigenvalue weighted by molar-refractivity contribution is -0.145. The van der Waals surface area contributed by atoms with E-state index in [9.17, 15) is 14.0 Å². The molecule has 0 bridgehead atoms. The number of aromatic nitrogens is 2. The van der Waals surface area contributed by atoms with Gasteiger partial charge in [0.1, 0.15) is 12.4 Å². The Hall–Kier alpha value is -2.74. The average molecular weight is 400 g/mol. The van der Waals surface area contributed by atoms with E-state index in [1.165, 1.54) is 13.2 Å². The zero-order valence-electron chi connectivity index (χ0n) is 16.7. The highest BCUT2D eigenvalue weighted by molar-refractivity contribution is 5.94. The van der Waals surface area contributed by atoms with E-state index < -0.39 is 5.54 Å². The molecule has 0 unspecified atom stereocenters. The zero-order chi connectivity index (χ0) is 20.6. The van der Waals surface area contributed by atoms with Crippen LogP contribution in [0.15, 0.2) is 24.5 Å². The van der Waals surface area contributed by atoms with Crippen LogP contribution in [0.3, 0.4) is 0 Å². The minimum absolute atomic E-state index is 0.0206. The SMILES string of the molecule is COCC(=O)N1CCc2[nH]cnc2C12CCN(C(=O)c1ccc(C)c(F)c1)CC2. The Morgan fingerprint density at radius 2 is 2.03 bits per heavy atom. The number of hydrogen-bond donors (Lipinski definition) is 1. The first-order valence-corrected chi connectivity index (χ1v) is 9.84. The number of rotatable bonds is 3. The number of methoxy groups -OCH3 is 1. The van der Waals surface area contributed by atoms with Gasteiger partial charge in [-0.3, -0.25) is 9.59 Å². The maximum absolute atomic E-state index is 13.9. The zero-order valence-corrected chi connectivity index (χ0v) is 16.7. The minimum Gasteiger partial charge on any atom is -0.375 e. The van der Waals surface area contributed by atoms with Gasteiger partial charge in [-0.15, -0.1) is 0 Å². The fourth-order valence-corrected chi connectivity index (χ4v) is 4.54. The summed E-state index contributed by atoms with van der Waals surface area (Å²) in [7, 11) is 1.51. The fraction of sp³-hybridized carbons (Fsp3) is 0.476. The molecular formula is C21H25FN4O3. The first-order chi connectivity index (χ1) is 14.0. The van der Waals surface area contributed by atoms with Gasteiger partial charge < -0.3 is 19.5 Å². The van der Waals surface area contributed by atoms with Crippen LogP contribution >= 0.6 is 0 Å². The third kappa shape index (κ3) is 3.31. The number of nitrogens with one attached hydrogen (secondary N) is 1. The third-order valence-electron chi connectivity index (χ3n) is 6.13. The molecule has 8 heteroatoms. The van der Waals surface area contributed by atoms with E-state index in [0.29, 0.717) is 43.6 Å². The van der Waals surface area contributed by atoms with Crippen molar-refractivity contribution in [3.8, 4) is 0 Å². The van der Waals surface area contributed by atoms with E-state index in [1.807, 2.05) is 4.90 Å². The number of aryl methyl sites for hydroxylation is 1. The average Bonchev–Trinajstić information content (AvgIpc) is 3.21. The van der Waals surface area contributed by atoms with Crippen LogP contribution in [-0.4, -0.2) is 64.9 Å². The Kier molecular flexibility index (Phi) is 5.12. The van der Waals surface area contributed by atoms with E-state index >= 15 is 0 Å². The molecule has 2 aromatic rings. The summed E-state index contributed by atoms with van der Waals surface area (Å²) in [5.41, 5.74) is 2.26. The van der Waals surface area contributed by atoms with Crippen molar-refractivity contribution in [1.29, 1.82) is 0 Å². The van der Waals surface area contributed by atoms with Crippen molar-refractivity contribution < 1.29 is 18.7 Å². The molecule has 154 valence electrons. The lowest BCUT2D eigenvalue weighted by Gasteiger charge is -2.50. The lowest BCUT2D eigenvalue weighted by atomic mass is 9.78. The van der Waals surface area contributed by atoms with Crippen LogP contribution in [0.2, 0.25) is 0 Å². The third-order valence-corrected chi connectivity index (χ3v) is 6.13. The van der Waals surface area contributed by atoms with E-state index in [0.717, 1.165) is 17.8 Å². The van der Waals surface area contributed by atoms with Crippen molar-refractivity contribution in [3.05, 3.63) is 52.9 Å². The van der Waals surface area contributed by atoms with Crippen LogP contribution in [0.25, 0.3) is 0 Å². The molecule has 1 fully saturated rings. The van der Waals surface area contributed by atoms with Crippen molar-refractivity contribution in [2.24, 2.45) is 0 Å². The summed E-state index contributed by atoms with van der Waals surface area (Å²) in [5, 5.41) is 0. The van der Waals surface area contributed by atoms with Gasteiger partial charge in [0, 0.05) is 44.4 Å². The Bertz CT molecular complexity index is 934. The van der Waals surface area contributed by atoms with Gasteiger partial charge in [0.05, 0.1) is 17.6 Å². The topological polar surface area (TPSA) is 78.5 Å². The van der Waals surface area contributed by atoms with Crippen LogP contribution in [0, 0.1) is 12.7 Å². The number of H-pyrrole nitrogens is 1. The number of amides is 2. The van der Waals surface area contributed by atoms with Gasteiger partial charge in [-0.25, -0.2) is 9.37 Å². The molecule has 1 aromatic carbocycles. The van der Waals surface area contributed by atoms with Gasteiger partial charge in [-0.05, 0) is 37.5 Å². The van der Waals surface area contributed by atoms with Crippen molar-refractivity contribution in [3.63, 3.8) is 0 Å². The summed E-state index contributed by atoms with van der Waals surface area (Å²) in [6.07, 6.45) is 3.56. The van der Waals surface area contributed by atoms with Crippen LogP contribution in [0.1, 0.15) is 40.2 Å². The number of fused-ring (bicyclic) bond motifs is 2. The predicted octanol–water partition coefficient (Wildman–Crippen LogP) is 2.02. The molecular weight excluding hydrogens is 375 g/mol. The molecule has 1 aromatic heterocycles. The second-order valence-electron chi connectivity index (χ2n) is 7.75. The van der Waals surface area contributed by atoms with Crippen LogP contribution in [-0.2, 0) is 21.5 Å². The predicted molar refractivity (Wildman–Crippen MR) is 104 cm³/mol. The van der Waals surface area contributed by atoms with E-state index in [2.05, 4.69) is 9.97 Å². The largest absolute Gasteiger partial charge is 0.375 e. The maximum Gasteiger partial charge on any atom is 0.253 e. The number of benzene rings is 1. The molecule has 2 aliphatic heterocycles. The smallest absolute Gasteiger partial charge is 0.253 e. The molecule has 0 saturated carbocycles. The van der Waals surface area contributed by atoms with Gasteiger partial charge >= 0.3 is 0 Å². The summed E-state index contributed by atoms with van der Waals surface area (Å²) in [5.74, 6) is -0.637. The van der Waals surface area contributed by atoms with E-state index in [-0.39, 0.29) is 24.2 Å². The number of carbonyl (C=O) groups excluding carboxylic acids is 2. The molecule has 3 heterocycles. The van der Waals surface area contributed by atoms with Gasteiger partial charge in [-0.2, -0.15) is 0 Å². The monoisotopic (exact) mass is 400 g/mol. The molecule has 4 rings (SSSR count). The molecule has 1 spiro atoms. The molecule has 0 radical (unpaired) electrons. The molecule has 29 heavy (non-hydrogen) atoms. The number of ether oxygens (including phenoxy) is 1. The van der Waals surface area contributed by atoms with Gasteiger partial charge in [0.15, 0.2) is 0 Å². The molecule has 2 amide bonds. The first-order valence-electron chi connectivity index (χ1n) is 9.84.